The zero-order valence-electron chi connectivity index (χ0n) is 23.4. The lowest BCUT2D eigenvalue weighted by Gasteiger charge is -2.37. The smallest absolute Gasteiger partial charge is 0.390 e. The molecule has 2 aromatic heterocycles. The molecule has 6 rings (SSSR count). The van der Waals surface area contributed by atoms with E-state index in [1.165, 1.54) is 12.0 Å². The Kier molecular flexibility index (Phi) is 8.48. The zero-order valence-corrected chi connectivity index (χ0v) is 23.4. The number of halogens is 3. The Balaban J connectivity index is 1.18. The van der Waals surface area contributed by atoms with Gasteiger partial charge in [-0.25, -0.2) is 4.98 Å². The highest BCUT2D eigenvalue weighted by Gasteiger charge is 2.28. The van der Waals surface area contributed by atoms with Gasteiger partial charge in [0.25, 0.3) is 0 Å². The summed E-state index contributed by atoms with van der Waals surface area (Å²) >= 11 is 0. The van der Waals surface area contributed by atoms with Gasteiger partial charge in [0.2, 0.25) is 5.95 Å². The number of nitrogens with zero attached hydrogens (tertiary/aromatic N) is 5. The second-order valence-corrected chi connectivity index (χ2v) is 11.8. The van der Waals surface area contributed by atoms with E-state index in [2.05, 4.69) is 65.4 Å². The third-order valence-corrected chi connectivity index (χ3v) is 8.95. The molecule has 2 saturated heterocycles. The molecule has 4 heterocycles. The molecule has 0 radical (unpaired) electrons. The molecule has 1 aliphatic carbocycles. The van der Waals surface area contributed by atoms with Crippen LogP contribution in [0.2, 0.25) is 0 Å². The molecule has 0 amide bonds. The third kappa shape index (κ3) is 6.85. The molecule has 1 aromatic carbocycles. The average Bonchev–Trinajstić information content (AvgIpc) is 3.63. The number of benzene rings is 1. The first-order chi connectivity index (χ1) is 19.8. The van der Waals surface area contributed by atoms with E-state index >= 15 is 0 Å². The molecule has 2 aliphatic heterocycles. The summed E-state index contributed by atoms with van der Waals surface area (Å²) in [7, 11) is 0. The molecule has 3 N–H and O–H groups in total. The molecular formula is C30H40F3N7O. The van der Waals surface area contributed by atoms with E-state index in [4.69, 9.17) is 0 Å². The first-order valence-electron chi connectivity index (χ1n) is 14.9. The Bertz CT molecular complexity index is 1290. The van der Waals surface area contributed by atoms with Crippen molar-refractivity contribution >= 4 is 17.0 Å². The van der Waals surface area contributed by atoms with Crippen LogP contribution in [0.25, 0.3) is 22.2 Å². The van der Waals surface area contributed by atoms with Crippen molar-refractivity contribution in [2.45, 2.75) is 69.4 Å². The fourth-order valence-corrected chi connectivity index (χ4v) is 6.56. The number of hydrogen-bond donors (Lipinski definition) is 3. The minimum Gasteiger partial charge on any atom is -0.393 e. The van der Waals surface area contributed by atoms with E-state index in [1.54, 1.807) is 6.20 Å². The molecule has 222 valence electrons. The lowest BCUT2D eigenvalue weighted by molar-refractivity contribution is -0.131. The standard InChI is InChI=1S/C30H40F3N7O/c31-30(32,33)10-12-35-29-36-18-26-27(20-40(28(26)37-29)23-5-7-25(41)8-6-23)22-3-1-21(2-4-22)19-38-13-15-39(16-14-38)24-9-11-34-17-24/h1-4,18,20,23-25,34,41H,5-17,19H2,(H,35,36,37). The largest absolute Gasteiger partial charge is 0.393 e. The maximum atomic E-state index is 12.7. The van der Waals surface area contributed by atoms with Gasteiger partial charge in [-0.3, -0.25) is 9.80 Å². The fraction of sp³-hybridized carbons (Fsp3) is 0.600. The number of aromatic nitrogens is 3. The van der Waals surface area contributed by atoms with Crippen LogP contribution >= 0.6 is 0 Å². The Hall–Kier alpha value is -2.73. The van der Waals surface area contributed by atoms with Crippen LogP contribution in [0.3, 0.4) is 0 Å². The van der Waals surface area contributed by atoms with Crippen molar-refractivity contribution in [3.8, 4) is 11.1 Å². The van der Waals surface area contributed by atoms with E-state index in [-0.39, 0.29) is 24.6 Å². The lowest BCUT2D eigenvalue weighted by Crippen LogP contribution is -2.50. The van der Waals surface area contributed by atoms with Crippen LogP contribution in [0.4, 0.5) is 19.1 Å². The van der Waals surface area contributed by atoms with Crippen molar-refractivity contribution in [1.82, 2.24) is 29.7 Å². The molecule has 0 bridgehead atoms. The van der Waals surface area contributed by atoms with Gasteiger partial charge >= 0.3 is 6.18 Å². The lowest BCUT2D eigenvalue weighted by atomic mass is 9.93. The van der Waals surface area contributed by atoms with Crippen LogP contribution in [-0.4, -0.2) is 93.6 Å². The van der Waals surface area contributed by atoms with Crippen molar-refractivity contribution in [3.05, 3.63) is 42.2 Å². The minimum absolute atomic E-state index is 0.172. The van der Waals surface area contributed by atoms with Crippen molar-refractivity contribution < 1.29 is 18.3 Å². The first kappa shape index (κ1) is 28.4. The highest BCUT2D eigenvalue weighted by Crippen LogP contribution is 2.37. The molecule has 1 atom stereocenters. The number of aliphatic hydroxyl groups excluding tert-OH is 1. The number of hydrogen-bond acceptors (Lipinski definition) is 7. The second-order valence-electron chi connectivity index (χ2n) is 11.8. The molecule has 11 heteroatoms. The summed E-state index contributed by atoms with van der Waals surface area (Å²) in [4.78, 5) is 14.2. The number of piperazine rings is 1. The van der Waals surface area contributed by atoms with E-state index in [0.29, 0.717) is 11.7 Å². The molecule has 1 unspecified atom stereocenters. The summed E-state index contributed by atoms with van der Waals surface area (Å²) in [5, 5.41) is 17.1. The van der Waals surface area contributed by atoms with E-state index in [9.17, 15) is 18.3 Å². The van der Waals surface area contributed by atoms with Gasteiger partial charge in [0.05, 0.1) is 12.5 Å². The normalized spacial score (nSPS) is 24.7. The predicted octanol–water partition coefficient (Wildman–Crippen LogP) is 4.42. The number of rotatable bonds is 8. The minimum atomic E-state index is -4.24. The summed E-state index contributed by atoms with van der Waals surface area (Å²) in [6, 6.07) is 9.54. The average molecular weight is 572 g/mol. The Morgan fingerprint density at radius 3 is 2.41 bits per heavy atom. The van der Waals surface area contributed by atoms with Gasteiger partial charge in [0.15, 0.2) is 0 Å². The van der Waals surface area contributed by atoms with E-state index in [1.807, 2.05) is 0 Å². The summed E-state index contributed by atoms with van der Waals surface area (Å²) in [6.07, 6.45) is 2.72. The summed E-state index contributed by atoms with van der Waals surface area (Å²) in [6.45, 7) is 7.31. The number of alkyl halides is 3. The maximum Gasteiger partial charge on any atom is 0.390 e. The molecular weight excluding hydrogens is 531 g/mol. The first-order valence-corrected chi connectivity index (χ1v) is 14.9. The second kappa shape index (κ2) is 12.2. The van der Waals surface area contributed by atoms with Crippen molar-refractivity contribution in [2.24, 2.45) is 0 Å². The molecule has 3 aromatic rings. The molecule has 1 saturated carbocycles. The monoisotopic (exact) mass is 571 g/mol. The van der Waals surface area contributed by atoms with Crippen LogP contribution in [-0.2, 0) is 6.54 Å². The third-order valence-electron chi connectivity index (χ3n) is 8.95. The molecule has 41 heavy (non-hydrogen) atoms. The van der Waals surface area contributed by atoms with Gasteiger partial charge in [-0.05, 0) is 49.8 Å². The molecule has 0 spiro atoms. The molecule has 3 aliphatic rings. The number of nitrogens with one attached hydrogen (secondary N) is 2. The van der Waals surface area contributed by atoms with Crippen LogP contribution in [0.15, 0.2) is 36.7 Å². The summed E-state index contributed by atoms with van der Waals surface area (Å²) in [5.74, 6) is 0.197. The van der Waals surface area contributed by atoms with E-state index in [0.717, 1.165) is 88.0 Å². The molecule has 8 nitrogen and oxygen atoms in total. The van der Waals surface area contributed by atoms with Gasteiger partial charge in [-0.2, -0.15) is 18.2 Å². The number of anilines is 1. The fourth-order valence-electron chi connectivity index (χ4n) is 6.56. The maximum absolute atomic E-state index is 12.7. The predicted molar refractivity (Wildman–Crippen MR) is 154 cm³/mol. The van der Waals surface area contributed by atoms with Crippen molar-refractivity contribution in [3.63, 3.8) is 0 Å². The Morgan fingerprint density at radius 2 is 1.73 bits per heavy atom. The Labute approximate surface area is 238 Å². The van der Waals surface area contributed by atoms with Gasteiger partial charge < -0.3 is 20.3 Å². The van der Waals surface area contributed by atoms with Crippen LogP contribution < -0.4 is 10.6 Å². The van der Waals surface area contributed by atoms with Crippen LogP contribution in [0.1, 0.15) is 50.1 Å². The molecule has 3 fully saturated rings. The number of fused-ring (bicyclic) bond motifs is 1. The van der Waals surface area contributed by atoms with Gasteiger partial charge in [-0.15, -0.1) is 0 Å². The van der Waals surface area contributed by atoms with Gasteiger partial charge in [-0.1, -0.05) is 24.3 Å². The topological polar surface area (TPSA) is 81.5 Å². The van der Waals surface area contributed by atoms with E-state index < -0.39 is 12.6 Å². The highest BCUT2D eigenvalue weighted by molar-refractivity contribution is 5.94. The highest BCUT2D eigenvalue weighted by atomic mass is 19.4. The quantitative estimate of drug-likeness (QED) is 0.370. The van der Waals surface area contributed by atoms with Crippen molar-refractivity contribution in [2.75, 3.05) is 51.1 Å². The SMILES string of the molecule is OC1CCC(n2cc(-c3ccc(CN4CCN(C5CCNC5)CC4)cc3)c3cnc(NCCC(F)(F)F)nc32)CC1. The van der Waals surface area contributed by atoms with Gasteiger partial charge in [0.1, 0.15) is 5.65 Å². The summed E-state index contributed by atoms with van der Waals surface area (Å²) < 4.78 is 40.1. The van der Waals surface area contributed by atoms with Gasteiger partial charge in [0, 0.05) is 81.2 Å². The zero-order chi connectivity index (χ0) is 28.4. The summed E-state index contributed by atoms with van der Waals surface area (Å²) in [5.41, 5.74) is 4.07. The number of aliphatic hydroxyl groups is 1. The van der Waals surface area contributed by atoms with Crippen LogP contribution in [0, 0.1) is 0 Å². The van der Waals surface area contributed by atoms with Crippen LogP contribution in [0.5, 0.6) is 0 Å². The van der Waals surface area contributed by atoms with Crippen molar-refractivity contribution in [1.29, 1.82) is 0 Å². The Morgan fingerprint density at radius 1 is 0.976 bits per heavy atom.